The molecule has 0 unspecified atom stereocenters. The molecule has 1 amide bonds. The molecule has 0 bridgehead atoms. The van der Waals surface area contributed by atoms with Crippen LogP contribution in [-0.4, -0.2) is 32.2 Å². The molecule has 100 valence electrons. The molecule has 0 aliphatic heterocycles. The van der Waals surface area contributed by atoms with E-state index in [-0.39, 0.29) is 5.91 Å². The van der Waals surface area contributed by atoms with Crippen molar-refractivity contribution in [1.82, 2.24) is 5.32 Å². The van der Waals surface area contributed by atoms with Crippen molar-refractivity contribution in [1.29, 1.82) is 0 Å². The standard InChI is InChI=1S/C14H22N2O2/c1-12-3-2-4-13(11-12)5-6-14(17)16-8-10-18-9-7-15/h2-4,11H,5-10,15H2,1H3,(H,16,17). The molecule has 0 fully saturated rings. The van der Waals surface area contributed by atoms with Gasteiger partial charge >= 0.3 is 0 Å². The molecule has 1 aromatic rings. The predicted molar refractivity (Wildman–Crippen MR) is 72.4 cm³/mol. The second-order valence-corrected chi connectivity index (χ2v) is 4.24. The first-order valence-electron chi connectivity index (χ1n) is 6.32. The predicted octanol–water partition coefficient (Wildman–Crippen LogP) is 1.02. The van der Waals surface area contributed by atoms with E-state index in [0.717, 1.165) is 6.42 Å². The Bertz CT molecular complexity index is 367. The van der Waals surface area contributed by atoms with Crippen LogP contribution in [0.1, 0.15) is 17.5 Å². The number of benzene rings is 1. The second kappa shape index (κ2) is 8.66. The lowest BCUT2D eigenvalue weighted by atomic mass is 10.1. The summed E-state index contributed by atoms with van der Waals surface area (Å²) in [4.78, 5) is 11.5. The van der Waals surface area contributed by atoms with E-state index < -0.39 is 0 Å². The van der Waals surface area contributed by atoms with Gasteiger partial charge in [0.1, 0.15) is 0 Å². The third-order valence-electron chi connectivity index (χ3n) is 2.55. The molecule has 1 rings (SSSR count). The molecule has 0 heterocycles. The number of rotatable bonds is 8. The molecule has 0 spiro atoms. The number of ether oxygens (including phenoxy) is 1. The van der Waals surface area contributed by atoms with Crippen molar-refractivity contribution in [3.63, 3.8) is 0 Å². The van der Waals surface area contributed by atoms with Gasteiger partial charge in [-0.15, -0.1) is 0 Å². The van der Waals surface area contributed by atoms with Crippen LogP contribution >= 0.6 is 0 Å². The Labute approximate surface area is 109 Å². The summed E-state index contributed by atoms with van der Waals surface area (Å²) in [6.45, 7) is 4.18. The van der Waals surface area contributed by atoms with Crippen molar-refractivity contribution in [3.8, 4) is 0 Å². The van der Waals surface area contributed by atoms with Crippen LogP contribution in [0.2, 0.25) is 0 Å². The van der Waals surface area contributed by atoms with Gasteiger partial charge in [0.2, 0.25) is 5.91 Å². The zero-order chi connectivity index (χ0) is 13.2. The van der Waals surface area contributed by atoms with Crippen LogP contribution in [0, 0.1) is 6.92 Å². The second-order valence-electron chi connectivity index (χ2n) is 4.24. The molecule has 0 radical (unpaired) electrons. The molecular weight excluding hydrogens is 228 g/mol. The van der Waals surface area contributed by atoms with E-state index in [1.165, 1.54) is 11.1 Å². The maximum Gasteiger partial charge on any atom is 0.220 e. The average molecular weight is 250 g/mol. The van der Waals surface area contributed by atoms with Gasteiger partial charge in [-0.1, -0.05) is 29.8 Å². The van der Waals surface area contributed by atoms with E-state index >= 15 is 0 Å². The summed E-state index contributed by atoms with van der Waals surface area (Å²) in [7, 11) is 0. The molecular formula is C14H22N2O2. The number of carbonyl (C=O) groups excluding carboxylic acids is 1. The van der Waals surface area contributed by atoms with Crippen molar-refractivity contribution >= 4 is 5.91 Å². The van der Waals surface area contributed by atoms with Gasteiger partial charge in [0.05, 0.1) is 13.2 Å². The van der Waals surface area contributed by atoms with Gasteiger partial charge in [0, 0.05) is 19.5 Å². The highest BCUT2D eigenvalue weighted by Crippen LogP contribution is 2.06. The van der Waals surface area contributed by atoms with Crippen LogP contribution in [-0.2, 0) is 16.0 Å². The van der Waals surface area contributed by atoms with Crippen molar-refractivity contribution in [2.45, 2.75) is 19.8 Å². The van der Waals surface area contributed by atoms with E-state index in [0.29, 0.717) is 32.7 Å². The van der Waals surface area contributed by atoms with Crippen molar-refractivity contribution in [3.05, 3.63) is 35.4 Å². The number of nitrogens with two attached hydrogens (primary N) is 1. The molecule has 18 heavy (non-hydrogen) atoms. The number of carbonyl (C=O) groups is 1. The number of aryl methyl sites for hydroxylation is 2. The van der Waals surface area contributed by atoms with Crippen molar-refractivity contribution < 1.29 is 9.53 Å². The Balaban J connectivity index is 2.13. The van der Waals surface area contributed by atoms with Crippen LogP contribution in [0.5, 0.6) is 0 Å². The lowest BCUT2D eigenvalue weighted by molar-refractivity contribution is -0.121. The quantitative estimate of drug-likeness (QED) is 0.677. The maximum absolute atomic E-state index is 11.5. The molecule has 1 aromatic carbocycles. The van der Waals surface area contributed by atoms with Crippen LogP contribution in [0.3, 0.4) is 0 Å². The average Bonchev–Trinajstić information content (AvgIpc) is 2.36. The third kappa shape index (κ3) is 6.37. The highest BCUT2D eigenvalue weighted by Gasteiger charge is 2.01. The zero-order valence-electron chi connectivity index (χ0n) is 10.9. The summed E-state index contributed by atoms with van der Waals surface area (Å²) in [6.07, 6.45) is 1.29. The molecule has 0 aliphatic carbocycles. The van der Waals surface area contributed by atoms with Crippen LogP contribution in [0.15, 0.2) is 24.3 Å². The normalized spacial score (nSPS) is 10.3. The number of nitrogens with one attached hydrogen (secondary N) is 1. The smallest absolute Gasteiger partial charge is 0.220 e. The summed E-state index contributed by atoms with van der Waals surface area (Å²) in [5, 5.41) is 2.82. The Kier molecular flexibility index (Phi) is 7.06. The van der Waals surface area contributed by atoms with Crippen LogP contribution in [0.25, 0.3) is 0 Å². The van der Waals surface area contributed by atoms with E-state index in [1.54, 1.807) is 0 Å². The fourth-order valence-electron chi connectivity index (χ4n) is 1.66. The number of hydrogen-bond donors (Lipinski definition) is 2. The van der Waals surface area contributed by atoms with Gasteiger partial charge in [0.25, 0.3) is 0 Å². The van der Waals surface area contributed by atoms with Gasteiger partial charge in [-0.2, -0.15) is 0 Å². The third-order valence-corrected chi connectivity index (χ3v) is 2.55. The van der Waals surface area contributed by atoms with Gasteiger partial charge in [-0.3, -0.25) is 4.79 Å². The fraction of sp³-hybridized carbons (Fsp3) is 0.500. The van der Waals surface area contributed by atoms with Gasteiger partial charge < -0.3 is 15.8 Å². The lowest BCUT2D eigenvalue weighted by Gasteiger charge is -2.06. The summed E-state index contributed by atoms with van der Waals surface area (Å²) < 4.78 is 5.17. The van der Waals surface area contributed by atoms with E-state index in [2.05, 4.69) is 24.4 Å². The Hall–Kier alpha value is -1.39. The van der Waals surface area contributed by atoms with Gasteiger partial charge in [-0.05, 0) is 18.9 Å². The van der Waals surface area contributed by atoms with Crippen molar-refractivity contribution in [2.75, 3.05) is 26.3 Å². The molecule has 0 saturated heterocycles. The molecule has 0 saturated carbocycles. The molecule has 4 heteroatoms. The van der Waals surface area contributed by atoms with E-state index in [1.807, 2.05) is 12.1 Å². The molecule has 3 N–H and O–H groups in total. The minimum absolute atomic E-state index is 0.0628. The summed E-state index contributed by atoms with van der Waals surface area (Å²) in [5.74, 6) is 0.0628. The highest BCUT2D eigenvalue weighted by molar-refractivity contribution is 5.76. The van der Waals surface area contributed by atoms with E-state index in [9.17, 15) is 4.79 Å². The molecule has 0 aromatic heterocycles. The molecule has 0 aliphatic rings. The van der Waals surface area contributed by atoms with Gasteiger partial charge in [0.15, 0.2) is 0 Å². The fourth-order valence-corrected chi connectivity index (χ4v) is 1.66. The topological polar surface area (TPSA) is 64.3 Å². The Morgan fingerprint density at radius 1 is 1.39 bits per heavy atom. The Morgan fingerprint density at radius 3 is 2.94 bits per heavy atom. The first-order valence-corrected chi connectivity index (χ1v) is 6.32. The highest BCUT2D eigenvalue weighted by atomic mass is 16.5. The summed E-state index contributed by atoms with van der Waals surface area (Å²) >= 11 is 0. The molecule has 4 nitrogen and oxygen atoms in total. The SMILES string of the molecule is Cc1cccc(CCC(=O)NCCOCCN)c1. The Morgan fingerprint density at radius 2 is 2.22 bits per heavy atom. The monoisotopic (exact) mass is 250 g/mol. The number of amides is 1. The summed E-state index contributed by atoms with van der Waals surface area (Å²) in [5.41, 5.74) is 7.71. The van der Waals surface area contributed by atoms with Gasteiger partial charge in [-0.25, -0.2) is 0 Å². The minimum atomic E-state index is 0.0628. The van der Waals surface area contributed by atoms with Crippen LogP contribution < -0.4 is 11.1 Å². The minimum Gasteiger partial charge on any atom is -0.378 e. The maximum atomic E-state index is 11.5. The largest absolute Gasteiger partial charge is 0.378 e. The van der Waals surface area contributed by atoms with E-state index in [4.69, 9.17) is 10.5 Å². The van der Waals surface area contributed by atoms with Crippen LogP contribution in [0.4, 0.5) is 0 Å². The lowest BCUT2D eigenvalue weighted by Crippen LogP contribution is -2.28. The zero-order valence-corrected chi connectivity index (χ0v) is 10.9. The first-order chi connectivity index (χ1) is 8.72. The van der Waals surface area contributed by atoms with Crippen molar-refractivity contribution in [2.24, 2.45) is 5.73 Å². The number of hydrogen-bond acceptors (Lipinski definition) is 3. The first kappa shape index (κ1) is 14.7. The summed E-state index contributed by atoms with van der Waals surface area (Å²) in [6, 6.07) is 8.23. The molecule has 0 atom stereocenters.